The van der Waals surface area contributed by atoms with Gasteiger partial charge in [0.25, 0.3) is 0 Å². The summed E-state index contributed by atoms with van der Waals surface area (Å²) in [4.78, 5) is 0. The van der Waals surface area contributed by atoms with Crippen LogP contribution in [0, 0.1) is 19.7 Å². The van der Waals surface area contributed by atoms with Gasteiger partial charge in [-0.1, -0.05) is 6.07 Å². The largest absolute Gasteiger partial charge is 0.418 e. The Morgan fingerprint density at radius 2 is 1.73 bits per heavy atom. The van der Waals surface area contributed by atoms with Crippen LogP contribution in [0.2, 0.25) is 0 Å². The molecule has 0 aliphatic rings. The number of halogens is 4. The summed E-state index contributed by atoms with van der Waals surface area (Å²) < 4.78 is 49.8. The van der Waals surface area contributed by atoms with Crippen molar-refractivity contribution in [3.63, 3.8) is 0 Å². The monoisotopic (exact) mass is 222 g/mol. The number of rotatable bonds is 1. The molecule has 1 rings (SSSR count). The molecule has 84 valence electrons. The minimum Gasteiger partial charge on any atom is -0.379 e. The van der Waals surface area contributed by atoms with E-state index < -0.39 is 23.7 Å². The highest BCUT2D eigenvalue weighted by atomic mass is 19.4. The van der Waals surface area contributed by atoms with Crippen molar-refractivity contribution in [1.82, 2.24) is 0 Å². The van der Waals surface area contributed by atoms with E-state index in [-0.39, 0.29) is 5.56 Å². The minimum absolute atomic E-state index is 0.0947. The quantitative estimate of drug-likeness (QED) is 0.724. The predicted octanol–water partition coefficient (Wildman–Crippen LogP) is 3.04. The third kappa shape index (κ3) is 2.47. The minimum atomic E-state index is -4.85. The fourth-order valence-electron chi connectivity index (χ4n) is 1.44. The molecule has 0 saturated carbocycles. The van der Waals surface area contributed by atoms with Crippen LogP contribution in [0.25, 0.3) is 0 Å². The molecule has 1 nitrogen and oxygen atoms in total. The topological polar surface area (TPSA) is 20.2 Å². The van der Waals surface area contributed by atoms with Gasteiger partial charge in [0.05, 0.1) is 0 Å². The third-order valence-electron chi connectivity index (χ3n) is 2.06. The molecule has 1 N–H and O–H groups in total. The lowest BCUT2D eigenvalue weighted by molar-refractivity contribution is -0.207. The number of aliphatic hydroxyl groups excluding tert-OH is 1. The highest BCUT2D eigenvalue weighted by molar-refractivity contribution is 5.34. The first-order valence-electron chi connectivity index (χ1n) is 4.25. The standard InChI is InChI=1S/C10H10F4O/c1-5-3-6(2)8(7(11)4-5)9(15)10(12,13)14/h3-4,9,15H,1-2H3/t9-/m1/s1. The van der Waals surface area contributed by atoms with Crippen molar-refractivity contribution < 1.29 is 22.7 Å². The Bertz CT molecular complexity index is 347. The van der Waals surface area contributed by atoms with Gasteiger partial charge in [-0.15, -0.1) is 0 Å². The summed E-state index contributed by atoms with van der Waals surface area (Å²) in [5, 5.41) is 8.94. The molecule has 1 aromatic rings. The lowest BCUT2D eigenvalue weighted by Crippen LogP contribution is -2.22. The fraction of sp³-hybridized carbons (Fsp3) is 0.400. The van der Waals surface area contributed by atoms with E-state index in [1.165, 1.54) is 13.0 Å². The Kier molecular flexibility index (Phi) is 3.04. The van der Waals surface area contributed by atoms with Crippen LogP contribution in [-0.2, 0) is 0 Å². The van der Waals surface area contributed by atoms with Crippen molar-refractivity contribution in [1.29, 1.82) is 0 Å². The van der Waals surface area contributed by atoms with Crippen molar-refractivity contribution >= 4 is 0 Å². The molecule has 0 amide bonds. The van der Waals surface area contributed by atoms with Crippen LogP contribution in [0.1, 0.15) is 22.8 Å². The summed E-state index contributed by atoms with van der Waals surface area (Å²) >= 11 is 0. The second-order valence-electron chi connectivity index (χ2n) is 3.42. The van der Waals surface area contributed by atoms with Gasteiger partial charge in [-0.05, 0) is 31.0 Å². The fourth-order valence-corrected chi connectivity index (χ4v) is 1.44. The Hall–Kier alpha value is -1.10. The van der Waals surface area contributed by atoms with E-state index in [1.54, 1.807) is 6.92 Å². The smallest absolute Gasteiger partial charge is 0.379 e. The van der Waals surface area contributed by atoms with E-state index in [9.17, 15) is 17.6 Å². The zero-order valence-electron chi connectivity index (χ0n) is 8.19. The van der Waals surface area contributed by atoms with E-state index in [0.717, 1.165) is 6.07 Å². The second kappa shape index (κ2) is 3.81. The van der Waals surface area contributed by atoms with Gasteiger partial charge in [0.1, 0.15) is 5.82 Å². The zero-order chi connectivity index (χ0) is 11.8. The molecule has 15 heavy (non-hydrogen) atoms. The van der Waals surface area contributed by atoms with Gasteiger partial charge in [0.2, 0.25) is 0 Å². The molecule has 0 fully saturated rings. The third-order valence-corrected chi connectivity index (χ3v) is 2.06. The van der Waals surface area contributed by atoms with Gasteiger partial charge in [-0.25, -0.2) is 4.39 Å². The molecule has 0 spiro atoms. The molecule has 0 aromatic heterocycles. The number of alkyl halides is 3. The lowest BCUT2D eigenvalue weighted by Gasteiger charge is -2.18. The number of hydrogen-bond donors (Lipinski definition) is 1. The average molecular weight is 222 g/mol. The zero-order valence-corrected chi connectivity index (χ0v) is 8.19. The maximum atomic E-state index is 13.2. The van der Waals surface area contributed by atoms with Crippen LogP contribution in [0.3, 0.4) is 0 Å². The average Bonchev–Trinajstić information content (AvgIpc) is 1.99. The van der Waals surface area contributed by atoms with Crippen LogP contribution < -0.4 is 0 Å². The summed E-state index contributed by atoms with van der Waals surface area (Å²) in [6.07, 6.45) is -7.61. The second-order valence-corrected chi connectivity index (χ2v) is 3.42. The van der Waals surface area contributed by atoms with Crippen LogP contribution >= 0.6 is 0 Å². The molecule has 0 bridgehead atoms. The van der Waals surface area contributed by atoms with Crippen LogP contribution in [0.5, 0.6) is 0 Å². The summed E-state index contributed by atoms with van der Waals surface area (Å²) in [5.74, 6) is -1.03. The summed E-state index contributed by atoms with van der Waals surface area (Å²) in [5.41, 5.74) is -0.0893. The molecule has 1 atom stereocenters. The Morgan fingerprint density at radius 3 is 2.13 bits per heavy atom. The van der Waals surface area contributed by atoms with Gasteiger partial charge in [0, 0.05) is 5.56 Å². The Labute approximate surface area is 84.3 Å². The summed E-state index contributed by atoms with van der Waals surface area (Å²) in [6.45, 7) is 2.90. The first kappa shape index (κ1) is 12.0. The number of benzene rings is 1. The number of aryl methyl sites for hydroxylation is 2. The van der Waals surface area contributed by atoms with Gasteiger partial charge in [-0.3, -0.25) is 0 Å². The number of hydrogen-bond acceptors (Lipinski definition) is 1. The molecule has 1 aromatic carbocycles. The van der Waals surface area contributed by atoms with Crippen molar-refractivity contribution in [2.24, 2.45) is 0 Å². The van der Waals surface area contributed by atoms with Crippen LogP contribution in [-0.4, -0.2) is 11.3 Å². The maximum absolute atomic E-state index is 13.2. The van der Waals surface area contributed by atoms with Gasteiger partial charge < -0.3 is 5.11 Å². The van der Waals surface area contributed by atoms with E-state index >= 15 is 0 Å². The van der Waals surface area contributed by atoms with Crippen LogP contribution in [0.4, 0.5) is 17.6 Å². The molecule has 0 unspecified atom stereocenters. The highest BCUT2D eigenvalue weighted by Crippen LogP contribution is 2.35. The Balaban J connectivity index is 3.26. The molecular formula is C10H10F4O. The van der Waals surface area contributed by atoms with Crippen molar-refractivity contribution in [2.45, 2.75) is 26.1 Å². The molecule has 0 radical (unpaired) electrons. The molecule has 0 saturated heterocycles. The first-order valence-corrected chi connectivity index (χ1v) is 4.25. The predicted molar refractivity (Wildman–Crippen MR) is 46.9 cm³/mol. The van der Waals surface area contributed by atoms with Crippen molar-refractivity contribution in [2.75, 3.05) is 0 Å². The highest BCUT2D eigenvalue weighted by Gasteiger charge is 2.41. The van der Waals surface area contributed by atoms with Crippen molar-refractivity contribution in [3.05, 3.63) is 34.6 Å². The maximum Gasteiger partial charge on any atom is 0.418 e. The lowest BCUT2D eigenvalue weighted by atomic mass is 10.00. The van der Waals surface area contributed by atoms with E-state index in [1.807, 2.05) is 0 Å². The molecule has 0 aliphatic carbocycles. The van der Waals surface area contributed by atoms with Crippen LogP contribution in [0.15, 0.2) is 12.1 Å². The van der Waals surface area contributed by atoms with E-state index in [2.05, 4.69) is 0 Å². The molecule has 0 heterocycles. The van der Waals surface area contributed by atoms with Gasteiger partial charge in [0.15, 0.2) is 6.10 Å². The van der Waals surface area contributed by atoms with Crippen molar-refractivity contribution in [3.8, 4) is 0 Å². The van der Waals surface area contributed by atoms with Gasteiger partial charge >= 0.3 is 6.18 Å². The molecular weight excluding hydrogens is 212 g/mol. The normalized spacial score (nSPS) is 14.1. The first-order chi connectivity index (χ1) is 6.73. The summed E-state index contributed by atoms with van der Waals surface area (Å²) in [7, 11) is 0. The Morgan fingerprint density at radius 1 is 1.20 bits per heavy atom. The SMILES string of the molecule is Cc1cc(C)c([C@@H](O)C(F)(F)F)c(F)c1. The summed E-state index contributed by atoms with van der Waals surface area (Å²) in [6, 6.07) is 2.37. The molecule has 0 aliphatic heterocycles. The van der Waals surface area contributed by atoms with E-state index in [0.29, 0.717) is 5.56 Å². The van der Waals surface area contributed by atoms with Gasteiger partial charge in [-0.2, -0.15) is 13.2 Å². The van der Waals surface area contributed by atoms with E-state index in [4.69, 9.17) is 5.11 Å². The molecule has 5 heteroatoms. The number of aliphatic hydroxyl groups is 1.